The molecule has 0 aliphatic carbocycles. The molecule has 1 heterocycles. The number of halogens is 1. The van der Waals surface area contributed by atoms with E-state index in [2.05, 4.69) is 4.98 Å². The molecule has 0 saturated heterocycles. The van der Waals surface area contributed by atoms with Crippen molar-refractivity contribution in [3.63, 3.8) is 0 Å². The first kappa shape index (κ1) is 18.2. The van der Waals surface area contributed by atoms with Crippen molar-refractivity contribution in [2.24, 2.45) is 0 Å². The molecule has 0 atom stereocenters. The Kier molecular flexibility index (Phi) is 5.75. The van der Waals surface area contributed by atoms with Gasteiger partial charge in [0.25, 0.3) is 0 Å². The van der Waals surface area contributed by atoms with E-state index in [0.717, 1.165) is 16.1 Å². The Labute approximate surface area is 159 Å². The van der Waals surface area contributed by atoms with E-state index < -0.39 is 5.97 Å². The average molecular weight is 390 g/mol. The van der Waals surface area contributed by atoms with Crippen LogP contribution in [0.4, 0.5) is 0 Å². The first-order chi connectivity index (χ1) is 12.5. The molecule has 0 aliphatic rings. The molecule has 134 valence electrons. The Balaban J connectivity index is 1.82. The number of carbonyl (C=O) groups is 1. The van der Waals surface area contributed by atoms with Gasteiger partial charge in [-0.3, -0.25) is 4.79 Å². The number of hydrogen-bond donors (Lipinski definition) is 1. The van der Waals surface area contributed by atoms with Crippen LogP contribution >= 0.6 is 22.9 Å². The van der Waals surface area contributed by atoms with Crippen LogP contribution in [-0.2, 0) is 17.8 Å². The fraction of sp³-hybridized carbons (Fsp3) is 0.158. The summed E-state index contributed by atoms with van der Waals surface area (Å²) < 4.78 is 11.3. The van der Waals surface area contributed by atoms with Crippen molar-refractivity contribution in [2.45, 2.75) is 13.0 Å². The highest BCUT2D eigenvalue weighted by Crippen LogP contribution is 2.34. The molecule has 0 aliphatic heterocycles. The molecule has 5 nitrogen and oxygen atoms in total. The number of aliphatic carboxylic acids is 1. The van der Waals surface area contributed by atoms with Gasteiger partial charge in [0.1, 0.15) is 11.6 Å². The molecular formula is C19H16ClNO4S. The standard InChI is InChI=1S/C19H16ClNO4S/c1-24-16-6-5-13(19-21-15(11-26-19)9-18(22)23)8-17(16)25-10-12-3-2-4-14(20)7-12/h2-8,11H,9-10H2,1H3,(H,22,23). The van der Waals surface area contributed by atoms with E-state index in [4.69, 9.17) is 26.2 Å². The SMILES string of the molecule is COc1ccc(-c2nc(CC(=O)O)cs2)cc1OCc1cccc(Cl)c1. The van der Waals surface area contributed by atoms with E-state index >= 15 is 0 Å². The normalized spacial score (nSPS) is 10.5. The van der Waals surface area contributed by atoms with Gasteiger partial charge < -0.3 is 14.6 Å². The van der Waals surface area contributed by atoms with Crippen molar-refractivity contribution >= 4 is 28.9 Å². The van der Waals surface area contributed by atoms with E-state index in [1.807, 2.05) is 36.4 Å². The van der Waals surface area contributed by atoms with E-state index in [-0.39, 0.29) is 6.42 Å². The van der Waals surface area contributed by atoms with Crippen LogP contribution in [0.15, 0.2) is 47.8 Å². The van der Waals surface area contributed by atoms with Gasteiger partial charge in [-0.15, -0.1) is 11.3 Å². The largest absolute Gasteiger partial charge is 0.493 e. The van der Waals surface area contributed by atoms with Crippen molar-refractivity contribution in [2.75, 3.05) is 7.11 Å². The third-order valence-electron chi connectivity index (χ3n) is 3.58. The molecule has 7 heteroatoms. The summed E-state index contributed by atoms with van der Waals surface area (Å²) >= 11 is 7.39. The maximum atomic E-state index is 10.8. The topological polar surface area (TPSA) is 68.7 Å². The first-order valence-corrected chi connectivity index (χ1v) is 9.03. The van der Waals surface area contributed by atoms with Gasteiger partial charge in [-0.1, -0.05) is 23.7 Å². The van der Waals surface area contributed by atoms with Crippen LogP contribution in [0.25, 0.3) is 10.6 Å². The van der Waals surface area contributed by atoms with Crippen LogP contribution in [0.3, 0.4) is 0 Å². The first-order valence-electron chi connectivity index (χ1n) is 7.77. The van der Waals surface area contributed by atoms with Crippen LogP contribution in [0.1, 0.15) is 11.3 Å². The Morgan fingerprint density at radius 3 is 2.81 bits per heavy atom. The van der Waals surface area contributed by atoms with Crippen LogP contribution in [0.2, 0.25) is 5.02 Å². The number of benzene rings is 2. The average Bonchev–Trinajstić information content (AvgIpc) is 3.07. The number of nitrogens with zero attached hydrogens (tertiary/aromatic N) is 1. The fourth-order valence-corrected chi connectivity index (χ4v) is 3.42. The van der Waals surface area contributed by atoms with Gasteiger partial charge in [-0.05, 0) is 35.9 Å². The zero-order valence-electron chi connectivity index (χ0n) is 13.9. The number of rotatable bonds is 7. The van der Waals surface area contributed by atoms with Crippen molar-refractivity contribution < 1.29 is 19.4 Å². The molecule has 0 fully saturated rings. The van der Waals surface area contributed by atoms with Gasteiger partial charge in [0.15, 0.2) is 11.5 Å². The Morgan fingerprint density at radius 1 is 1.23 bits per heavy atom. The molecule has 2 aromatic carbocycles. The molecule has 3 aromatic rings. The lowest BCUT2D eigenvalue weighted by Gasteiger charge is -2.12. The third-order valence-corrected chi connectivity index (χ3v) is 4.75. The molecule has 0 spiro atoms. The Bertz CT molecular complexity index is 925. The molecule has 0 unspecified atom stereocenters. The molecule has 0 radical (unpaired) electrons. The van der Waals surface area contributed by atoms with E-state index in [9.17, 15) is 4.79 Å². The quantitative estimate of drug-likeness (QED) is 0.635. The maximum absolute atomic E-state index is 10.8. The highest BCUT2D eigenvalue weighted by molar-refractivity contribution is 7.13. The zero-order chi connectivity index (χ0) is 18.5. The van der Waals surface area contributed by atoms with Crippen molar-refractivity contribution in [1.29, 1.82) is 0 Å². The van der Waals surface area contributed by atoms with Crippen molar-refractivity contribution in [3.05, 3.63) is 64.1 Å². The summed E-state index contributed by atoms with van der Waals surface area (Å²) in [6.45, 7) is 0.350. The Morgan fingerprint density at radius 2 is 2.08 bits per heavy atom. The number of carboxylic acids is 1. The van der Waals surface area contributed by atoms with Crippen LogP contribution in [0, 0.1) is 0 Å². The summed E-state index contributed by atoms with van der Waals surface area (Å²) in [6.07, 6.45) is -0.0925. The number of carboxylic acid groups (broad SMARTS) is 1. The summed E-state index contributed by atoms with van der Waals surface area (Å²) in [4.78, 5) is 15.2. The lowest BCUT2D eigenvalue weighted by atomic mass is 10.2. The summed E-state index contributed by atoms with van der Waals surface area (Å²) in [6, 6.07) is 13.0. The van der Waals surface area contributed by atoms with Gasteiger partial charge in [-0.2, -0.15) is 0 Å². The molecule has 0 bridgehead atoms. The van der Waals surface area contributed by atoms with E-state index in [0.29, 0.717) is 28.8 Å². The highest BCUT2D eigenvalue weighted by atomic mass is 35.5. The zero-order valence-corrected chi connectivity index (χ0v) is 15.5. The molecule has 3 rings (SSSR count). The molecule has 0 saturated carbocycles. The van der Waals surface area contributed by atoms with Crippen LogP contribution < -0.4 is 9.47 Å². The summed E-state index contributed by atoms with van der Waals surface area (Å²) in [5.41, 5.74) is 2.33. The van der Waals surface area contributed by atoms with Gasteiger partial charge >= 0.3 is 5.97 Å². The summed E-state index contributed by atoms with van der Waals surface area (Å²) in [5, 5.41) is 12.0. The number of methoxy groups -OCH3 is 1. The molecule has 0 amide bonds. The van der Waals surface area contributed by atoms with Gasteiger partial charge in [-0.25, -0.2) is 4.98 Å². The van der Waals surface area contributed by atoms with Crippen molar-refractivity contribution in [1.82, 2.24) is 4.98 Å². The highest BCUT2D eigenvalue weighted by Gasteiger charge is 2.12. The number of ether oxygens (including phenoxy) is 2. The minimum Gasteiger partial charge on any atom is -0.493 e. The van der Waals surface area contributed by atoms with Crippen molar-refractivity contribution in [3.8, 4) is 22.1 Å². The van der Waals surface area contributed by atoms with E-state index in [1.54, 1.807) is 18.6 Å². The van der Waals surface area contributed by atoms with Crippen LogP contribution in [0.5, 0.6) is 11.5 Å². The third kappa shape index (κ3) is 4.53. The number of aromatic nitrogens is 1. The number of thiazole rings is 1. The van der Waals surface area contributed by atoms with Gasteiger partial charge in [0, 0.05) is 16.0 Å². The second kappa shape index (κ2) is 8.21. The lowest BCUT2D eigenvalue weighted by molar-refractivity contribution is -0.136. The Hall–Kier alpha value is -2.57. The molecule has 1 N–H and O–H groups in total. The molecular weight excluding hydrogens is 374 g/mol. The number of hydrogen-bond acceptors (Lipinski definition) is 5. The minimum absolute atomic E-state index is 0.0925. The minimum atomic E-state index is -0.901. The van der Waals surface area contributed by atoms with Gasteiger partial charge in [0.2, 0.25) is 0 Å². The predicted molar refractivity (Wildman–Crippen MR) is 101 cm³/mol. The maximum Gasteiger partial charge on any atom is 0.309 e. The summed E-state index contributed by atoms with van der Waals surface area (Å²) in [7, 11) is 1.58. The lowest BCUT2D eigenvalue weighted by Crippen LogP contribution is -2.00. The van der Waals surface area contributed by atoms with Gasteiger partial charge in [0.05, 0.1) is 19.2 Å². The second-order valence-electron chi connectivity index (χ2n) is 5.50. The van der Waals surface area contributed by atoms with E-state index in [1.165, 1.54) is 11.3 Å². The monoisotopic (exact) mass is 389 g/mol. The summed E-state index contributed by atoms with van der Waals surface area (Å²) in [5.74, 6) is 0.292. The van der Waals surface area contributed by atoms with Crippen LogP contribution in [-0.4, -0.2) is 23.2 Å². The fourth-order valence-electron chi connectivity index (χ4n) is 2.39. The predicted octanol–water partition coefficient (Wildman–Crippen LogP) is 4.68. The smallest absolute Gasteiger partial charge is 0.309 e. The molecule has 26 heavy (non-hydrogen) atoms. The molecule has 1 aromatic heterocycles. The second-order valence-corrected chi connectivity index (χ2v) is 6.79.